The molecule has 0 saturated heterocycles. The fourth-order valence-corrected chi connectivity index (χ4v) is 5.23. The largest absolute Gasteiger partial charge is 0.486 e. The van der Waals surface area contributed by atoms with Crippen LogP contribution in [0.2, 0.25) is 0 Å². The van der Waals surface area contributed by atoms with Crippen molar-refractivity contribution in [1.82, 2.24) is 9.29 Å². The number of hydrogen-bond acceptors (Lipinski definition) is 5. The van der Waals surface area contributed by atoms with Crippen molar-refractivity contribution >= 4 is 21.4 Å². The summed E-state index contributed by atoms with van der Waals surface area (Å²) in [6, 6.07) is 14.8. The van der Waals surface area contributed by atoms with Crippen LogP contribution in [0, 0.1) is 19.8 Å². The van der Waals surface area contributed by atoms with Crippen LogP contribution in [0.4, 0.5) is 0 Å². The average molecular weight is 445 g/mol. The van der Waals surface area contributed by atoms with Gasteiger partial charge in [-0.15, -0.1) is 11.3 Å². The number of hydrogen-bond donors (Lipinski definition) is 0. The number of ether oxygens (including phenoxy) is 1. The van der Waals surface area contributed by atoms with E-state index in [1.807, 2.05) is 69.5 Å². The molecule has 0 fully saturated rings. The summed E-state index contributed by atoms with van der Waals surface area (Å²) in [5.74, 6) is 0.994. The van der Waals surface area contributed by atoms with Crippen LogP contribution < -0.4 is 4.74 Å². The second-order valence-electron chi connectivity index (χ2n) is 7.84. The molecule has 0 N–H and O–H groups in total. The highest BCUT2D eigenvalue weighted by atomic mass is 32.2. The Labute approximate surface area is 183 Å². The normalized spacial score (nSPS) is 11.9. The summed E-state index contributed by atoms with van der Waals surface area (Å²) in [6.45, 7) is 9.04. The van der Waals surface area contributed by atoms with Crippen molar-refractivity contribution in [3.8, 4) is 5.75 Å². The first kappa shape index (κ1) is 22.5. The maximum Gasteiger partial charge on any atom is 0.243 e. The van der Waals surface area contributed by atoms with Gasteiger partial charge in [0.1, 0.15) is 17.4 Å². The Bertz CT molecular complexity index is 1060. The number of thiazole rings is 1. The number of nitrogens with zero attached hydrogens (tertiary/aromatic N) is 2. The maximum absolute atomic E-state index is 13.2. The van der Waals surface area contributed by atoms with Crippen LogP contribution in [0.15, 0.2) is 58.8 Å². The van der Waals surface area contributed by atoms with Crippen LogP contribution in [-0.2, 0) is 23.2 Å². The van der Waals surface area contributed by atoms with Crippen molar-refractivity contribution in [1.29, 1.82) is 0 Å². The summed E-state index contributed by atoms with van der Waals surface area (Å²) in [7, 11) is -3.59. The highest BCUT2D eigenvalue weighted by Crippen LogP contribution is 2.22. The van der Waals surface area contributed by atoms with Crippen molar-refractivity contribution in [2.24, 2.45) is 5.92 Å². The molecule has 30 heavy (non-hydrogen) atoms. The summed E-state index contributed by atoms with van der Waals surface area (Å²) >= 11 is 1.48. The SMILES string of the molecule is Cc1ccc(OCc2nc(CN(CC(C)C)S(=O)(=O)c3ccc(C)cc3)cs2)cc1. The van der Waals surface area contributed by atoms with E-state index in [2.05, 4.69) is 4.98 Å². The number of aromatic nitrogens is 1. The van der Waals surface area contributed by atoms with Crippen molar-refractivity contribution in [3.63, 3.8) is 0 Å². The van der Waals surface area contributed by atoms with Gasteiger partial charge < -0.3 is 4.74 Å². The Kier molecular flexibility index (Phi) is 7.28. The quantitative estimate of drug-likeness (QED) is 0.456. The predicted molar refractivity (Wildman–Crippen MR) is 121 cm³/mol. The standard InChI is InChI=1S/C23H28N2O3S2/c1-17(2)13-25(30(26,27)22-11-7-19(4)8-12-22)14-20-16-29-23(24-20)15-28-21-9-5-18(3)6-10-21/h5-12,16-17H,13-15H2,1-4H3. The van der Waals surface area contributed by atoms with E-state index in [0.717, 1.165) is 22.0 Å². The van der Waals surface area contributed by atoms with Gasteiger partial charge in [-0.25, -0.2) is 13.4 Å². The van der Waals surface area contributed by atoms with Crippen LogP contribution in [-0.4, -0.2) is 24.3 Å². The molecule has 0 spiro atoms. The number of aryl methyl sites for hydroxylation is 2. The fourth-order valence-electron chi connectivity index (χ4n) is 2.96. The van der Waals surface area contributed by atoms with Gasteiger partial charge in [-0.05, 0) is 44.0 Å². The first-order valence-electron chi connectivity index (χ1n) is 9.93. The molecule has 5 nitrogen and oxygen atoms in total. The molecule has 7 heteroatoms. The molecule has 2 aromatic carbocycles. The number of benzene rings is 2. The molecular weight excluding hydrogens is 416 g/mol. The molecule has 3 aromatic rings. The van der Waals surface area contributed by atoms with Crippen molar-refractivity contribution in [2.45, 2.75) is 45.7 Å². The van der Waals surface area contributed by atoms with E-state index in [0.29, 0.717) is 18.0 Å². The van der Waals surface area contributed by atoms with Crippen LogP contribution in [0.25, 0.3) is 0 Å². The zero-order valence-electron chi connectivity index (χ0n) is 17.8. The van der Waals surface area contributed by atoms with Gasteiger partial charge in [-0.2, -0.15) is 4.31 Å². The predicted octanol–water partition coefficient (Wildman–Crippen LogP) is 5.19. The zero-order chi connectivity index (χ0) is 21.7. The van der Waals surface area contributed by atoms with E-state index in [-0.39, 0.29) is 12.5 Å². The van der Waals surface area contributed by atoms with Crippen LogP contribution in [0.3, 0.4) is 0 Å². The van der Waals surface area contributed by atoms with E-state index in [4.69, 9.17) is 4.74 Å². The highest BCUT2D eigenvalue weighted by molar-refractivity contribution is 7.89. The highest BCUT2D eigenvalue weighted by Gasteiger charge is 2.26. The Hall–Kier alpha value is -2.22. The van der Waals surface area contributed by atoms with E-state index < -0.39 is 10.0 Å². The van der Waals surface area contributed by atoms with Crippen molar-refractivity contribution in [2.75, 3.05) is 6.54 Å². The first-order valence-corrected chi connectivity index (χ1v) is 12.3. The van der Waals surface area contributed by atoms with E-state index in [9.17, 15) is 8.42 Å². The molecule has 0 aliphatic rings. The summed E-state index contributed by atoms with van der Waals surface area (Å²) in [6.07, 6.45) is 0. The third-order valence-corrected chi connectivity index (χ3v) is 7.25. The van der Waals surface area contributed by atoms with Gasteiger partial charge in [-0.3, -0.25) is 0 Å². The van der Waals surface area contributed by atoms with E-state index >= 15 is 0 Å². The second-order valence-corrected chi connectivity index (χ2v) is 10.7. The lowest BCUT2D eigenvalue weighted by Gasteiger charge is -2.23. The lowest BCUT2D eigenvalue weighted by Crippen LogP contribution is -2.34. The van der Waals surface area contributed by atoms with E-state index in [1.54, 1.807) is 12.1 Å². The monoisotopic (exact) mass is 444 g/mol. The van der Waals surface area contributed by atoms with E-state index in [1.165, 1.54) is 21.2 Å². The molecule has 0 radical (unpaired) electrons. The topological polar surface area (TPSA) is 59.5 Å². The molecule has 3 rings (SSSR count). The van der Waals surface area contributed by atoms with Gasteiger partial charge in [0.05, 0.1) is 17.1 Å². The molecule has 160 valence electrons. The Morgan fingerprint density at radius 1 is 1.00 bits per heavy atom. The van der Waals surface area contributed by atoms with Crippen LogP contribution in [0.1, 0.15) is 35.7 Å². The van der Waals surface area contributed by atoms with Crippen LogP contribution >= 0.6 is 11.3 Å². The van der Waals surface area contributed by atoms with Crippen molar-refractivity contribution in [3.05, 3.63) is 75.7 Å². The number of rotatable bonds is 9. The van der Waals surface area contributed by atoms with Gasteiger partial charge in [-0.1, -0.05) is 49.2 Å². The molecule has 0 aliphatic carbocycles. The molecule has 0 bridgehead atoms. The van der Waals surface area contributed by atoms with Gasteiger partial charge in [0.25, 0.3) is 0 Å². The minimum absolute atomic E-state index is 0.202. The lowest BCUT2D eigenvalue weighted by atomic mass is 10.2. The molecular formula is C23H28N2O3S2. The van der Waals surface area contributed by atoms with Crippen molar-refractivity contribution < 1.29 is 13.2 Å². The van der Waals surface area contributed by atoms with Gasteiger partial charge >= 0.3 is 0 Å². The Morgan fingerprint density at radius 3 is 2.20 bits per heavy atom. The number of sulfonamides is 1. The molecule has 1 heterocycles. The van der Waals surface area contributed by atoms with Gasteiger partial charge in [0.15, 0.2) is 0 Å². The molecule has 1 aromatic heterocycles. The average Bonchev–Trinajstić information content (AvgIpc) is 3.14. The summed E-state index contributed by atoms with van der Waals surface area (Å²) < 4.78 is 33.7. The molecule has 0 saturated carbocycles. The minimum atomic E-state index is -3.59. The Morgan fingerprint density at radius 2 is 1.60 bits per heavy atom. The molecule has 0 aliphatic heterocycles. The fraction of sp³-hybridized carbons (Fsp3) is 0.348. The Balaban J connectivity index is 1.72. The zero-order valence-corrected chi connectivity index (χ0v) is 19.5. The summed E-state index contributed by atoms with van der Waals surface area (Å²) in [5, 5.41) is 2.73. The summed E-state index contributed by atoms with van der Waals surface area (Å²) in [5.41, 5.74) is 2.94. The van der Waals surface area contributed by atoms with Gasteiger partial charge in [0.2, 0.25) is 10.0 Å². The third kappa shape index (κ3) is 5.90. The smallest absolute Gasteiger partial charge is 0.243 e. The second kappa shape index (κ2) is 9.73. The molecule has 0 atom stereocenters. The minimum Gasteiger partial charge on any atom is -0.486 e. The maximum atomic E-state index is 13.2. The lowest BCUT2D eigenvalue weighted by molar-refractivity contribution is 0.304. The molecule has 0 amide bonds. The van der Waals surface area contributed by atoms with Gasteiger partial charge in [0, 0.05) is 11.9 Å². The molecule has 0 unspecified atom stereocenters. The third-order valence-electron chi connectivity index (χ3n) is 4.55. The first-order chi connectivity index (χ1) is 14.2. The summed E-state index contributed by atoms with van der Waals surface area (Å²) in [4.78, 5) is 4.91. The van der Waals surface area contributed by atoms with Crippen LogP contribution in [0.5, 0.6) is 5.75 Å².